The first-order valence-electron chi connectivity index (χ1n) is 7.02. The van der Waals surface area contributed by atoms with Crippen LogP contribution in [0, 0.1) is 17.5 Å². The molecule has 1 fully saturated rings. The van der Waals surface area contributed by atoms with Gasteiger partial charge in [-0.3, -0.25) is 9.59 Å². The summed E-state index contributed by atoms with van der Waals surface area (Å²) in [6.07, 6.45) is -0.266. The second-order valence-corrected chi connectivity index (χ2v) is 5.04. The normalized spacial score (nSPS) is 17.5. The number of hydrogen-bond donors (Lipinski definition) is 1. The van der Waals surface area contributed by atoms with Crippen LogP contribution in [0.1, 0.15) is 41.6 Å². The van der Waals surface area contributed by atoms with E-state index in [-0.39, 0.29) is 12.2 Å². The Bertz CT molecular complexity index is 598. The van der Waals surface area contributed by atoms with Crippen molar-refractivity contribution < 1.29 is 27.5 Å². The van der Waals surface area contributed by atoms with Crippen LogP contribution in [-0.4, -0.2) is 31.4 Å². The number of Topliss-reactive ketones (excluding diaryl/α,β-unsaturated/α-hetero) is 1. The van der Waals surface area contributed by atoms with Gasteiger partial charge in [-0.2, -0.15) is 0 Å². The van der Waals surface area contributed by atoms with Crippen LogP contribution in [0.2, 0.25) is 0 Å². The van der Waals surface area contributed by atoms with E-state index in [2.05, 4.69) is 10.1 Å². The number of carbonyl (C=O) groups excluding carboxylic acids is 2. The molecule has 0 aliphatic carbocycles. The molecule has 0 amide bonds. The molecule has 2 rings (SSSR count). The van der Waals surface area contributed by atoms with Crippen LogP contribution < -0.4 is 5.32 Å². The molecule has 0 bridgehead atoms. The van der Waals surface area contributed by atoms with Gasteiger partial charge >= 0.3 is 5.97 Å². The van der Waals surface area contributed by atoms with Crippen molar-refractivity contribution in [1.82, 2.24) is 5.32 Å². The minimum atomic E-state index is -1.42. The Balaban J connectivity index is 2.30. The highest BCUT2D eigenvalue weighted by Gasteiger charge is 2.29. The number of nitrogens with one attached hydrogen (secondary N) is 1. The van der Waals surface area contributed by atoms with E-state index in [9.17, 15) is 22.8 Å². The van der Waals surface area contributed by atoms with Gasteiger partial charge in [-0.25, -0.2) is 13.2 Å². The van der Waals surface area contributed by atoms with Crippen LogP contribution >= 0.6 is 0 Å². The molecule has 1 heterocycles. The predicted molar refractivity (Wildman–Crippen MR) is 72.1 cm³/mol. The number of carbonyl (C=O) groups is 2. The highest BCUT2D eigenvalue weighted by atomic mass is 19.2. The van der Waals surface area contributed by atoms with Crippen molar-refractivity contribution in [3.63, 3.8) is 0 Å². The highest BCUT2D eigenvalue weighted by Crippen LogP contribution is 2.30. The fourth-order valence-corrected chi connectivity index (χ4v) is 2.53. The number of ether oxygens (including phenoxy) is 1. The highest BCUT2D eigenvalue weighted by molar-refractivity contribution is 6.06. The van der Waals surface area contributed by atoms with E-state index in [0.717, 1.165) is 0 Å². The molecular formula is C15H16F3NO3. The Hall–Kier alpha value is -1.89. The van der Waals surface area contributed by atoms with Crippen molar-refractivity contribution in [3.05, 3.63) is 34.6 Å². The second kappa shape index (κ2) is 6.91. The van der Waals surface area contributed by atoms with Gasteiger partial charge < -0.3 is 10.1 Å². The van der Waals surface area contributed by atoms with E-state index in [0.29, 0.717) is 25.6 Å². The van der Waals surface area contributed by atoms with Crippen molar-refractivity contribution in [1.29, 1.82) is 0 Å². The third-order valence-electron chi connectivity index (χ3n) is 3.57. The molecule has 120 valence electrons. The maximum Gasteiger partial charge on any atom is 0.313 e. The molecule has 0 saturated carbocycles. The molecule has 0 radical (unpaired) electrons. The smallest absolute Gasteiger partial charge is 0.313 e. The van der Waals surface area contributed by atoms with Crippen molar-refractivity contribution >= 4 is 11.8 Å². The van der Waals surface area contributed by atoms with Crippen molar-refractivity contribution in [2.75, 3.05) is 19.7 Å². The molecule has 1 aromatic carbocycles. The first-order valence-corrected chi connectivity index (χ1v) is 7.02. The first kappa shape index (κ1) is 16.5. The number of ketones is 1. The molecule has 0 spiro atoms. The number of halogens is 3. The van der Waals surface area contributed by atoms with Crippen LogP contribution in [0.15, 0.2) is 6.07 Å². The average molecular weight is 315 g/mol. The van der Waals surface area contributed by atoms with E-state index in [1.807, 2.05) is 0 Å². The van der Waals surface area contributed by atoms with Gasteiger partial charge in [0, 0.05) is 18.0 Å². The zero-order chi connectivity index (χ0) is 16.3. The van der Waals surface area contributed by atoms with Gasteiger partial charge in [0.1, 0.15) is 12.2 Å². The van der Waals surface area contributed by atoms with E-state index in [1.165, 1.54) is 0 Å². The van der Waals surface area contributed by atoms with E-state index < -0.39 is 47.1 Å². The summed E-state index contributed by atoms with van der Waals surface area (Å²) >= 11 is 0. The number of esters is 1. The lowest BCUT2D eigenvalue weighted by atomic mass is 9.94. The Labute approximate surface area is 125 Å². The van der Waals surface area contributed by atoms with Crippen LogP contribution in [0.3, 0.4) is 0 Å². The number of rotatable bonds is 5. The maximum atomic E-state index is 14.1. The lowest BCUT2D eigenvalue weighted by molar-refractivity contribution is -0.141. The largest absolute Gasteiger partial charge is 0.466 e. The van der Waals surface area contributed by atoms with Crippen LogP contribution in [-0.2, 0) is 9.53 Å². The van der Waals surface area contributed by atoms with Crippen molar-refractivity contribution in [3.8, 4) is 0 Å². The van der Waals surface area contributed by atoms with Crippen LogP contribution in [0.25, 0.3) is 0 Å². The first-order chi connectivity index (χ1) is 10.5. The minimum absolute atomic E-state index is 0.0605. The zero-order valence-corrected chi connectivity index (χ0v) is 12.0. The quantitative estimate of drug-likeness (QED) is 0.392. The SMILES string of the molecule is CCOC(=O)CC(=O)c1cc(F)c(C2CCNC2)c(F)c1F. The molecule has 1 N–H and O–H groups in total. The third kappa shape index (κ3) is 3.30. The Morgan fingerprint density at radius 3 is 2.64 bits per heavy atom. The predicted octanol–water partition coefficient (Wildman–Crippen LogP) is 2.32. The van der Waals surface area contributed by atoms with Gasteiger partial charge in [-0.1, -0.05) is 0 Å². The molecule has 1 aliphatic heterocycles. The van der Waals surface area contributed by atoms with Crippen molar-refractivity contribution in [2.45, 2.75) is 25.7 Å². The van der Waals surface area contributed by atoms with Crippen LogP contribution in [0.4, 0.5) is 13.2 Å². The maximum absolute atomic E-state index is 14.1. The molecule has 22 heavy (non-hydrogen) atoms. The van der Waals surface area contributed by atoms with Gasteiger partial charge in [0.05, 0.1) is 12.2 Å². The van der Waals surface area contributed by atoms with Crippen LogP contribution in [0.5, 0.6) is 0 Å². The molecule has 1 unspecified atom stereocenters. The summed E-state index contributed by atoms with van der Waals surface area (Å²) in [7, 11) is 0. The summed E-state index contributed by atoms with van der Waals surface area (Å²) in [5.41, 5.74) is -1.12. The summed E-state index contributed by atoms with van der Waals surface area (Å²) in [5, 5.41) is 2.94. The summed E-state index contributed by atoms with van der Waals surface area (Å²) in [4.78, 5) is 23.0. The monoisotopic (exact) mass is 315 g/mol. The number of benzene rings is 1. The Kier molecular flexibility index (Phi) is 5.18. The fraction of sp³-hybridized carbons (Fsp3) is 0.467. The molecule has 1 atom stereocenters. The second-order valence-electron chi connectivity index (χ2n) is 5.04. The summed E-state index contributed by atoms with van der Waals surface area (Å²) in [6, 6.07) is 0.660. The Morgan fingerprint density at radius 1 is 1.32 bits per heavy atom. The van der Waals surface area contributed by atoms with Gasteiger partial charge in [0.15, 0.2) is 17.4 Å². The Morgan fingerprint density at radius 2 is 2.05 bits per heavy atom. The summed E-state index contributed by atoms with van der Waals surface area (Å²) in [5.74, 6) is -6.09. The standard InChI is InChI=1S/C15H16F3NO3/c1-2-22-12(21)6-11(20)9-5-10(16)13(15(18)14(9)17)8-3-4-19-7-8/h5,8,19H,2-4,6-7H2,1H3. The molecular weight excluding hydrogens is 299 g/mol. The van der Waals surface area contributed by atoms with Gasteiger partial charge in [0.25, 0.3) is 0 Å². The van der Waals surface area contributed by atoms with E-state index >= 15 is 0 Å². The lowest BCUT2D eigenvalue weighted by Crippen LogP contribution is -2.16. The summed E-state index contributed by atoms with van der Waals surface area (Å²) in [6.45, 7) is 2.55. The molecule has 4 nitrogen and oxygen atoms in total. The average Bonchev–Trinajstić information content (AvgIpc) is 2.97. The molecule has 1 aliphatic rings. The molecule has 7 heteroatoms. The number of hydrogen-bond acceptors (Lipinski definition) is 4. The third-order valence-corrected chi connectivity index (χ3v) is 3.57. The molecule has 1 aromatic rings. The molecule has 1 saturated heterocycles. The van der Waals surface area contributed by atoms with Gasteiger partial charge in [0.2, 0.25) is 0 Å². The van der Waals surface area contributed by atoms with Gasteiger partial charge in [-0.05, 0) is 26.0 Å². The minimum Gasteiger partial charge on any atom is -0.466 e. The topological polar surface area (TPSA) is 55.4 Å². The molecule has 0 aromatic heterocycles. The summed E-state index contributed by atoms with van der Waals surface area (Å²) < 4.78 is 46.8. The lowest BCUT2D eigenvalue weighted by Gasteiger charge is -2.14. The fourth-order valence-electron chi connectivity index (χ4n) is 2.53. The zero-order valence-electron chi connectivity index (χ0n) is 12.0. The van der Waals surface area contributed by atoms with E-state index in [4.69, 9.17) is 0 Å². The van der Waals surface area contributed by atoms with E-state index in [1.54, 1.807) is 6.92 Å². The van der Waals surface area contributed by atoms with Gasteiger partial charge in [-0.15, -0.1) is 0 Å². The van der Waals surface area contributed by atoms with Crippen molar-refractivity contribution in [2.24, 2.45) is 0 Å².